The summed E-state index contributed by atoms with van der Waals surface area (Å²) >= 11 is 0. The molecule has 6 heteroatoms. The Kier molecular flexibility index (Phi) is 5.05. The first-order valence-corrected chi connectivity index (χ1v) is 7.23. The fraction of sp³-hybridized carbons (Fsp3) is 1.00. The quantitative estimate of drug-likeness (QED) is 0.800. The van der Waals surface area contributed by atoms with Crippen LogP contribution in [0.4, 0.5) is 0 Å². The van der Waals surface area contributed by atoms with E-state index in [4.69, 9.17) is 18.9 Å². The lowest BCUT2D eigenvalue weighted by atomic mass is 9.89. The molecular weight excluding hydrogens is 264 g/mol. The van der Waals surface area contributed by atoms with Gasteiger partial charge in [-0.2, -0.15) is 0 Å². The third-order valence-electron chi connectivity index (χ3n) is 4.19. The Morgan fingerprint density at radius 2 is 1.75 bits per heavy atom. The Hall–Kier alpha value is -0.240. The third-order valence-corrected chi connectivity index (χ3v) is 4.19. The van der Waals surface area contributed by atoms with Crippen LogP contribution in [0.2, 0.25) is 0 Å². The van der Waals surface area contributed by atoms with E-state index in [-0.39, 0.29) is 24.9 Å². The van der Waals surface area contributed by atoms with E-state index in [0.717, 1.165) is 12.8 Å². The Bertz CT molecular complexity index is 321. The van der Waals surface area contributed by atoms with Crippen molar-refractivity contribution in [1.82, 2.24) is 0 Å². The van der Waals surface area contributed by atoms with E-state index in [1.807, 2.05) is 6.92 Å². The first kappa shape index (κ1) is 16.1. The van der Waals surface area contributed by atoms with Crippen LogP contribution in [0.1, 0.15) is 40.0 Å². The highest BCUT2D eigenvalue weighted by Crippen LogP contribution is 2.32. The summed E-state index contributed by atoms with van der Waals surface area (Å²) in [5.41, 5.74) is -1.20. The van der Waals surface area contributed by atoms with Gasteiger partial charge in [0.05, 0.1) is 23.9 Å². The zero-order valence-corrected chi connectivity index (χ0v) is 12.6. The molecule has 2 heterocycles. The molecule has 7 atom stereocenters. The number of aliphatic hydroxyl groups excluding tert-OH is 1. The zero-order valence-electron chi connectivity index (χ0n) is 12.6. The molecule has 0 unspecified atom stereocenters. The van der Waals surface area contributed by atoms with Gasteiger partial charge in [-0.25, -0.2) is 0 Å². The monoisotopic (exact) mass is 290 g/mol. The Labute approximate surface area is 120 Å². The summed E-state index contributed by atoms with van der Waals surface area (Å²) < 4.78 is 22.4. The molecule has 0 amide bonds. The second-order valence-electron chi connectivity index (χ2n) is 6.04. The van der Waals surface area contributed by atoms with E-state index < -0.39 is 24.1 Å². The van der Waals surface area contributed by atoms with E-state index in [2.05, 4.69) is 0 Å². The largest absolute Gasteiger partial charge is 0.387 e. The molecule has 2 aliphatic rings. The molecule has 0 aromatic rings. The van der Waals surface area contributed by atoms with Crippen molar-refractivity contribution in [3.05, 3.63) is 0 Å². The van der Waals surface area contributed by atoms with E-state index in [0.29, 0.717) is 0 Å². The Balaban J connectivity index is 1.90. The molecule has 0 aromatic carbocycles. The SMILES string of the molecule is CO[C@@H]1CC[C@H](O[C@@H]2C[C@@](C)(O)[C@H](O)[C@H](C)O2)[C@@H](C)O1. The predicted octanol–water partition coefficient (Wildman–Crippen LogP) is 0.790. The van der Waals surface area contributed by atoms with Crippen LogP contribution < -0.4 is 0 Å². The van der Waals surface area contributed by atoms with Crippen LogP contribution in [0, 0.1) is 0 Å². The Morgan fingerprint density at radius 1 is 1.10 bits per heavy atom. The predicted molar refractivity (Wildman–Crippen MR) is 71.0 cm³/mol. The first-order valence-electron chi connectivity index (χ1n) is 7.23. The summed E-state index contributed by atoms with van der Waals surface area (Å²) in [6, 6.07) is 0. The van der Waals surface area contributed by atoms with Crippen LogP contribution in [-0.2, 0) is 18.9 Å². The Morgan fingerprint density at radius 3 is 2.30 bits per heavy atom. The van der Waals surface area contributed by atoms with Crippen LogP contribution in [0.25, 0.3) is 0 Å². The van der Waals surface area contributed by atoms with E-state index >= 15 is 0 Å². The fourth-order valence-electron chi connectivity index (χ4n) is 2.88. The van der Waals surface area contributed by atoms with E-state index in [9.17, 15) is 10.2 Å². The maximum Gasteiger partial charge on any atom is 0.161 e. The van der Waals surface area contributed by atoms with Gasteiger partial charge in [-0.3, -0.25) is 0 Å². The molecule has 6 nitrogen and oxygen atoms in total. The number of rotatable bonds is 3. The second-order valence-corrected chi connectivity index (χ2v) is 6.04. The third kappa shape index (κ3) is 3.50. The second kappa shape index (κ2) is 6.25. The lowest BCUT2D eigenvalue weighted by Gasteiger charge is -2.44. The van der Waals surface area contributed by atoms with Gasteiger partial charge in [-0.1, -0.05) is 0 Å². The average Bonchev–Trinajstić information content (AvgIpc) is 2.38. The minimum Gasteiger partial charge on any atom is -0.387 e. The standard InChI is InChI=1S/C14H26O6/c1-8-10(5-6-11(17-4)18-8)20-12-7-14(3,16)13(15)9(2)19-12/h8-13,15-16H,5-7H2,1-4H3/t8-,9+,10+,11+,12-,13-,14-/m1/s1. The minimum absolute atomic E-state index is 0.0929. The van der Waals surface area contributed by atoms with E-state index in [1.54, 1.807) is 21.0 Å². The van der Waals surface area contributed by atoms with Gasteiger partial charge in [0, 0.05) is 20.0 Å². The molecule has 2 saturated heterocycles. The van der Waals surface area contributed by atoms with Gasteiger partial charge >= 0.3 is 0 Å². The minimum atomic E-state index is -1.20. The summed E-state index contributed by atoms with van der Waals surface area (Å²) in [5.74, 6) is 0. The van der Waals surface area contributed by atoms with Crippen molar-refractivity contribution in [2.45, 2.75) is 82.6 Å². The maximum atomic E-state index is 10.2. The lowest BCUT2D eigenvalue weighted by molar-refractivity contribution is -0.306. The number of ether oxygens (including phenoxy) is 4. The highest BCUT2D eigenvalue weighted by Gasteiger charge is 2.44. The average molecular weight is 290 g/mol. The van der Waals surface area contributed by atoms with Crippen LogP contribution in [0.15, 0.2) is 0 Å². The molecule has 118 valence electrons. The summed E-state index contributed by atoms with van der Waals surface area (Å²) in [5, 5.41) is 20.1. The molecule has 0 spiro atoms. The van der Waals surface area contributed by atoms with Crippen LogP contribution >= 0.6 is 0 Å². The van der Waals surface area contributed by atoms with Crippen molar-refractivity contribution in [3.8, 4) is 0 Å². The summed E-state index contributed by atoms with van der Waals surface area (Å²) in [4.78, 5) is 0. The molecule has 0 saturated carbocycles. The van der Waals surface area contributed by atoms with Crippen molar-refractivity contribution in [1.29, 1.82) is 0 Å². The molecule has 2 aliphatic heterocycles. The molecule has 2 rings (SSSR count). The van der Waals surface area contributed by atoms with Crippen molar-refractivity contribution in [2.24, 2.45) is 0 Å². The van der Waals surface area contributed by atoms with Gasteiger partial charge in [0.2, 0.25) is 0 Å². The van der Waals surface area contributed by atoms with Gasteiger partial charge in [0.1, 0.15) is 6.10 Å². The number of methoxy groups -OCH3 is 1. The number of aliphatic hydroxyl groups is 2. The highest BCUT2D eigenvalue weighted by atomic mass is 16.7. The summed E-state index contributed by atoms with van der Waals surface area (Å²) in [7, 11) is 1.63. The first-order chi connectivity index (χ1) is 9.33. The van der Waals surface area contributed by atoms with Crippen molar-refractivity contribution in [2.75, 3.05) is 7.11 Å². The molecule has 2 N–H and O–H groups in total. The fourth-order valence-corrected chi connectivity index (χ4v) is 2.88. The molecule has 2 fully saturated rings. The summed E-state index contributed by atoms with van der Waals surface area (Å²) in [6.07, 6.45) is -0.426. The summed E-state index contributed by atoms with van der Waals surface area (Å²) in [6.45, 7) is 5.28. The molecule has 0 aromatic heterocycles. The van der Waals surface area contributed by atoms with Gasteiger partial charge < -0.3 is 29.2 Å². The van der Waals surface area contributed by atoms with Gasteiger partial charge in [-0.15, -0.1) is 0 Å². The zero-order chi connectivity index (χ0) is 14.9. The van der Waals surface area contributed by atoms with Gasteiger partial charge in [0.15, 0.2) is 12.6 Å². The molecule has 20 heavy (non-hydrogen) atoms. The van der Waals surface area contributed by atoms with Gasteiger partial charge in [-0.05, 0) is 27.2 Å². The maximum absolute atomic E-state index is 10.2. The molecule has 0 bridgehead atoms. The van der Waals surface area contributed by atoms with Crippen LogP contribution in [0.5, 0.6) is 0 Å². The normalized spacial score (nSPS) is 50.1. The van der Waals surface area contributed by atoms with Crippen molar-refractivity contribution in [3.63, 3.8) is 0 Å². The smallest absolute Gasteiger partial charge is 0.161 e. The van der Waals surface area contributed by atoms with Crippen molar-refractivity contribution < 1.29 is 29.2 Å². The topological polar surface area (TPSA) is 77.4 Å². The molecule has 0 aliphatic carbocycles. The van der Waals surface area contributed by atoms with Gasteiger partial charge in [0.25, 0.3) is 0 Å². The van der Waals surface area contributed by atoms with Crippen LogP contribution in [0.3, 0.4) is 0 Å². The highest BCUT2D eigenvalue weighted by molar-refractivity contribution is 4.91. The van der Waals surface area contributed by atoms with Crippen molar-refractivity contribution >= 4 is 0 Å². The van der Waals surface area contributed by atoms with Crippen LogP contribution in [-0.4, -0.2) is 59.9 Å². The van der Waals surface area contributed by atoms with E-state index in [1.165, 1.54) is 0 Å². The number of hydrogen-bond donors (Lipinski definition) is 2. The lowest BCUT2D eigenvalue weighted by Crippen LogP contribution is -2.56. The molecular formula is C14H26O6. The molecule has 0 radical (unpaired) electrons. The number of hydrogen-bond acceptors (Lipinski definition) is 6.